The van der Waals surface area contributed by atoms with Gasteiger partial charge in [-0.15, -0.1) is 6.58 Å². The molecule has 0 amide bonds. The highest BCUT2D eigenvalue weighted by molar-refractivity contribution is 4.96. The summed E-state index contributed by atoms with van der Waals surface area (Å²) in [6, 6.07) is 0. The van der Waals surface area contributed by atoms with Gasteiger partial charge in [-0.2, -0.15) is 0 Å². The Kier molecular flexibility index (Phi) is 2.08. The van der Waals surface area contributed by atoms with Crippen molar-refractivity contribution in [2.24, 2.45) is 0 Å². The Labute approximate surface area is 67.9 Å². The van der Waals surface area contributed by atoms with Gasteiger partial charge in [0.25, 0.3) is 0 Å². The second kappa shape index (κ2) is 2.61. The molecule has 0 saturated carbocycles. The van der Waals surface area contributed by atoms with E-state index in [0.717, 1.165) is 0 Å². The summed E-state index contributed by atoms with van der Waals surface area (Å²) in [6.45, 7) is 8.03. The summed E-state index contributed by atoms with van der Waals surface area (Å²) in [6.07, 6.45) is 3.06. The van der Waals surface area contributed by atoms with Gasteiger partial charge in [0.05, 0.1) is 17.8 Å². The fourth-order valence-electron chi connectivity index (χ4n) is 1.62. The Morgan fingerprint density at radius 3 is 2.64 bits per heavy atom. The lowest BCUT2D eigenvalue weighted by Gasteiger charge is -2.20. The van der Waals surface area contributed by atoms with Crippen LogP contribution < -0.4 is 0 Å². The third kappa shape index (κ3) is 2.04. The monoisotopic (exact) mass is 156 g/mol. The second-order valence-electron chi connectivity index (χ2n) is 3.94. The van der Waals surface area contributed by atoms with Crippen LogP contribution >= 0.6 is 0 Å². The van der Waals surface area contributed by atoms with Gasteiger partial charge in [0.2, 0.25) is 0 Å². The van der Waals surface area contributed by atoms with Crippen LogP contribution in [0.25, 0.3) is 0 Å². The Hall–Kier alpha value is -0.340. The SMILES string of the molecule is C=CCC1(O)COC(C)(C)C1. The molecule has 1 atom stereocenters. The molecule has 1 heterocycles. The van der Waals surface area contributed by atoms with E-state index in [1.807, 2.05) is 13.8 Å². The van der Waals surface area contributed by atoms with E-state index in [2.05, 4.69) is 6.58 Å². The van der Waals surface area contributed by atoms with Crippen LogP contribution in [0.1, 0.15) is 26.7 Å². The first-order valence-corrected chi connectivity index (χ1v) is 3.95. The van der Waals surface area contributed by atoms with E-state index < -0.39 is 5.60 Å². The van der Waals surface area contributed by atoms with Crippen molar-refractivity contribution >= 4 is 0 Å². The average Bonchev–Trinajstić information content (AvgIpc) is 2.07. The molecule has 0 aromatic rings. The summed E-state index contributed by atoms with van der Waals surface area (Å²) in [7, 11) is 0. The third-order valence-electron chi connectivity index (χ3n) is 2.01. The van der Waals surface area contributed by atoms with Crippen molar-refractivity contribution in [3.8, 4) is 0 Å². The van der Waals surface area contributed by atoms with Crippen LogP contribution in [0, 0.1) is 0 Å². The van der Waals surface area contributed by atoms with Crippen molar-refractivity contribution in [3.63, 3.8) is 0 Å². The lowest BCUT2D eigenvalue weighted by molar-refractivity contribution is 0.00712. The maximum Gasteiger partial charge on any atom is 0.0941 e. The summed E-state index contributed by atoms with van der Waals surface area (Å²) >= 11 is 0. The second-order valence-corrected chi connectivity index (χ2v) is 3.94. The van der Waals surface area contributed by atoms with Crippen molar-refractivity contribution in [2.45, 2.75) is 37.9 Å². The van der Waals surface area contributed by atoms with E-state index in [4.69, 9.17) is 4.74 Å². The van der Waals surface area contributed by atoms with E-state index in [9.17, 15) is 5.11 Å². The summed E-state index contributed by atoms with van der Waals surface area (Å²) in [5.74, 6) is 0. The molecule has 0 spiro atoms. The Morgan fingerprint density at radius 1 is 1.64 bits per heavy atom. The maximum absolute atomic E-state index is 9.83. The first-order valence-electron chi connectivity index (χ1n) is 3.95. The van der Waals surface area contributed by atoms with E-state index in [-0.39, 0.29) is 5.60 Å². The summed E-state index contributed by atoms with van der Waals surface area (Å²) in [5.41, 5.74) is -0.830. The summed E-state index contributed by atoms with van der Waals surface area (Å²) < 4.78 is 5.41. The van der Waals surface area contributed by atoms with E-state index in [0.29, 0.717) is 19.4 Å². The molecule has 0 aromatic heterocycles. The van der Waals surface area contributed by atoms with Crippen LogP contribution in [0.2, 0.25) is 0 Å². The molecule has 0 bridgehead atoms. The van der Waals surface area contributed by atoms with Gasteiger partial charge in [0, 0.05) is 6.42 Å². The normalized spacial score (nSPS) is 35.5. The molecule has 1 N–H and O–H groups in total. The first kappa shape index (κ1) is 8.75. The number of aliphatic hydroxyl groups is 1. The Bertz CT molecular complexity index is 163. The van der Waals surface area contributed by atoms with Gasteiger partial charge in [0.15, 0.2) is 0 Å². The predicted molar refractivity (Wildman–Crippen MR) is 44.4 cm³/mol. The summed E-state index contributed by atoms with van der Waals surface area (Å²) in [5, 5.41) is 9.83. The lowest BCUT2D eigenvalue weighted by atomic mass is 9.91. The van der Waals surface area contributed by atoms with E-state index >= 15 is 0 Å². The first-order chi connectivity index (χ1) is 4.97. The quantitative estimate of drug-likeness (QED) is 0.614. The van der Waals surface area contributed by atoms with Crippen molar-refractivity contribution in [1.29, 1.82) is 0 Å². The minimum Gasteiger partial charge on any atom is -0.387 e. The third-order valence-corrected chi connectivity index (χ3v) is 2.01. The molecule has 2 heteroatoms. The van der Waals surface area contributed by atoms with Crippen molar-refractivity contribution in [2.75, 3.05) is 6.61 Å². The van der Waals surface area contributed by atoms with Crippen LogP contribution in [-0.4, -0.2) is 22.9 Å². The molecule has 0 radical (unpaired) electrons. The Morgan fingerprint density at radius 2 is 2.27 bits per heavy atom. The van der Waals surface area contributed by atoms with Gasteiger partial charge < -0.3 is 9.84 Å². The maximum atomic E-state index is 9.83. The van der Waals surface area contributed by atoms with Crippen LogP contribution in [0.3, 0.4) is 0 Å². The molecule has 64 valence electrons. The Balaban J connectivity index is 2.57. The van der Waals surface area contributed by atoms with Gasteiger partial charge in [-0.1, -0.05) is 6.08 Å². The predicted octanol–water partition coefficient (Wildman–Crippen LogP) is 1.49. The standard InChI is InChI=1S/C9H16O2/c1-4-5-9(10)6-8(2,3)11-7-9/h4,10H,1,5-7H2,2-3H3. The number of ether oxygens (including phenoxy) is 1. The number of rotatable bonds is 2. The number of hydrogen-bond donors (Lipinski definition) is 1. The highest BCUT2D eigenvalue weighted by Gasteiger charge is 2.41. The zero-order valence-electron chi connectivity index (χ0n) is 7.26. The van der Waals surface area contributed by atoms with Crippen LogP contribution in [0.15, 0.2) is 12.7 Å². The van der Waals surface area contributed by atoms with Gasteiger partial charge in [-0.3, -0.25) is 0 Å². The average molecular weight is 156 g/mol. The largest absolute Gasteiger partial charge is 0.387 e. The molecule has 0 aliphatic carbocycles. The minimum absolute atomic E-state index is 0.169. The minimum atomic E-state index is -0.661. The van der Waals surface area contributed by atoms with Gasteiger partial charge in [0.1, 0.15) is 0 Å². The molecule has 1 aliphatic rings. The van der Waals surface area contributed by atoms with E-state index in [1.165, 1.54) is 0 Å². The highest BCUT2D eigenvalue weighted by Crippen LogP contribution is 2.34. The number of hydrogen-bond acceptors (Lipinski definition) is 2. The highest BCUT2D eigenvalue weighted by atomic mass is 16.5. The molecule has 2 nitrogen and oxygen atoms in total. The topological polar surface area (TPSA) is 29.5 Å². The molecular formula is C9H16O2. The summed E-state index contributed by atoms with van der Waals surface area (Å²) in [4.78, 5) is 0. The van der Waals surface area contributed by atoms with Crippen molar-refractivity contribution < 1.29 is 9.84 Å². The molecule has 1 aliphatic heterocycles. The van der Waals surface area contributed by atoms with Crippen molar-refractivity contribution in [3.05, 3.63) is 12.7 Å². The fraction of sp³-hybridized carbons (Fsp3) is 0.778. The van der Waals surface area contributed by atoms with E-state index in [1.54, 1.807) is 6.08 Å². The van der Waals surface area contributed by atoms with Gasteiger partial charge in [-0.05, 0) is 20.3 Å². The molecule has 0 aromatic carbocycles. The van der Waals surface area contributed by atoms with Gasteiger partial charge in [-0.25, -0.2) is 0 Å². The smallest absolute Gasteiger partial charge is 0.0941 e. The zero-order valence-corrected chi connectivity index (χ0v) is 7.26. The van der Waals surface area contributed by atoms with Gasteiger partial charge >= 0.3 is 0 Å². The van der Waals surface area contributed by atoms with Crippen LogP contribution in [-0.2, 0) is 4.74 Å². The molecule has 1 saturated heterocycles. The molecule has 1 fully saturated rings. The fourth-order valence-corrected chi connectivity index (χ4v) is 1.62. The molecule has 1 unspecified atom stereocenters. The van der Waals surface area contributed by atoms with Crippen LogP contribution in [0.4, 0.5) is 0 Å². The molecular weight excluding hydrogens is 140 g/mol. The molecule has 1 rings (SSSR count). The van der Waals surface area contributed by atoms with Crippen molar-refractivity contribution in [1.82, 2.24) is 0 Å². The molecule has 11 heavy (non-hydrogen) atoms. The lowest BCUT2D eigenvalue weighted by Crippen LogP contribution is -2.29. The van der Waals surface area contributed by atoms with Crippen LogP contribution in [0.5, 0.6) is 0 Å². The zero-order chi connectivity index (χ0) is 8.54.